The van der Waals surface area contributed by atoms with Gasteiger partial charge < -0.3 is 15.3 Å². The van der Waals surface area contributed by atoms with Gasteiger partial charge in [-0.15, -0.1) is 0 Å². The molecule has 5 heteroatoms. The number of nitrogens with zero attached hydrogens (tertiary/aromatic N) is 1. The first-order valence-electron chi connectivity index (χ1n) is 7.17. The molecule has 1 saturated carbocycles. The van der Waals surface area contributed by atoms with E-state index in [1.165, 1.54) is 0 Å². The lowest BCUT2D eigenvalue weighted by Gasteiger charge is -2.37. The molecule has 0 radical (unpaired) electrons. The van der Waals surface area contributed by atoms with E-state index in [4.69, 9.17) is 0 Å². The van der Waals surface area contributed by atoms with Gasteiger partial charge in [0.05, 0.1) is 5.92 Å². The number of carbonyl (C=O) groups is 2. The van der Waals surface area contributed by atoms with E-state index in [1.807, 2.05) is 7.05 Å². The minimum atomic E-state index is -1.03. The molecule has 1 aliphatic heterocycles. The quantitative estimate of drug-likeness (QED) is 0.804. The second-order valence-electron chi connectivity index (χ2n) is 6.33. The summed E-state index contributed by atoms with van der Waals surface area (Å²) >= 11 is 0. The third-order valence-electron chi connectivity index (χ3n) is 4.53. The van der Waals surface area contributed by atoms with E-state index in [1.54, 1.807) is 0 Å². The smallest absolute Gasteiger partial charge is 0.329 e. The highest BCUT2D eigenvalue weighted by Gasteiger charge is 2.44. The first kappa shape index (κ1) is 14.3. The van der Waals surface area contributed by atoms with Gasteiger partial charge in [0.15, 0.2) is 0 Å². The van der Waals surface area contributed by atoms with E-state index < -0.39 is 11.5 Å². The van der Waals surface area contributed by atoms with Crippen LogP contribution in [0, 0.1) is 11.8 Å². The van der Waals surface area contributed by atoms with Crippen LogP contribution in [0.1, 0.15) is 39.0 Å². The van der Waals surface area contributed by atoms with Gasteiger partial charge in [-0.05, 0) is 38.8 Å². The summed E-state index contributed by atoms with van der Waals surface area (Å²) in [5.74, 6) is -0.658. The van der Waals surface area contributed by atoms with Crippen LogP contribution in [-0.2, 0) is 9.59 Å². The van der Waals surface area contributed by atoms with Crippen molar-refractivity contribution in [3.63, 3.8) is 0 Å². The van der Waals surface area contributed by atoms with E-state index in [2.05, 4.69) is 17.1 Å². The summed E-state index contributed by atoms with van der Waals surface area (Å²) in [4.78, 5) is 26.0. The van der Waals surface area contributed by atoms with E-state index in [-0.39, 0.29) is 11.8 Å². The zero-order valence-electron chi connectivity index (χ0n) is 11.8. The number of rotatable bonds is 3. The van der Waals surface area contributed by atoms with Crippen LogP contribution < -0.4 is 5.32 Å². The second kappa shape index (κ2) is 5.49. The monoisotopic (exact) mass is 268 g/mol. The summed E-state index contributed by atoms with van der Waals surface area (Å²) in [6, 6.07) is 0. The van der Waals surface area contributed by atoms with Crippen molar-refractivity contribution in [3.8, 4) is 0 Å². The Bertz CT molecular complexity index is 372. The number of hydrogen-bond acceptors (Lipinski definition) is 3. The third-order valence-corrected chi connectivity index (χ3v) is 4.53. The van der Waals surface area contributed by atoms with Gasteiger partial charge in [-0.1, -0.05) is 19.8 Å². The summed E-state index contributed by atoms with van der Waals surface area (Å²) in [6.45, 7) is 3.71. The molecular formula is C14H24N2O3. The molecule has 2 aliphatic rings. The zero-order chi connectivity index (χ0) is 14.0. The number of likely N-dealkylation sites (tertiary alicyclic amines) is 1. The molecule has 2 N–H and O–H groups in total. The Balaban J connectivity index is 2.04. The average Bonchev–Trinajstić information content (AvgIpc) is 2.75. The normalized spacial score (nSPS) is 36.1. The highest BCUT2D eigenvalue weighted by molar-refractivity contribution is 5.88. The molecule has 1 aliphatic carbocycles. The van der Waals surface area contributed by atoms with Gasteiger partial charge in [0, 0.05) is 6.54 Å². The lowest BCUT2D eigenvalue weighted by molar-refractivity contribution is -0.150. The molecule has 19 heavy (non-hydrogen) atoms. The van der Waals surface area contributed by atoms with Crippen LogP contribution in [0.2, 0.25) is 0 Å². The second-order valence-corrected chi connectivity index (χ2v) is 6.33. The van der Waals surface area contributed by atoms with Crippen LogP contribution in [0.4, 0.5) is 0 Å². The third kappa shape index (κ3) is 3.08. The van der Waals surface area contributed by atoms with Crippen LogP contribution in [0.5, 0.6) is 0 Å². The summed E-state index contributed by atoms with van der Waals surface area (Å²) in [5, 5.41) is 12.4. The molecule has 0 aromatic carbocycles. The molecule has 3 atom stereocenters. The Morgan fingerprint density at radius 3 is 2.63 bits per heavy atom. The molecule has 2 rings (SSSR count). The first-order chi connectivity index (χ1) is 8.93. The van der Waals surface area contributed by atoms with E-state index in [0.29, 0.717) is 18.8 Å². The summed E-state index contributed by atoms with van der Waals surface area (Å²) < 4.78 is 0. The van der Waals surface area contributed by atoms with E-state index in [0.717, 1.165) is 32.4 Å². The van der Waals surface area contributed by atoms with Crippen molar-refractivity contribution in [2.75, 3.05) is 20.1 Å². The number of carboxylic acids is 1. The molecule has 1 amide bonds. The number of amides is 1. The van der Waals surface area contributed by atoms with Crippen LogP contribution in [0.15, 0.2) is 0 Å². The van der Waals surface area contributed by atoms with Gasteiger partial charge in [0.1, 0.15) is 5.54 Å². The maximum absolute atomic E-state index is 12.3. The number of aliphatic carboxylic acids is 1. The largest absolute Gasteiger partial charge is 0.480 e. The molecule has 0 bridgehead atoms. The number of carboxylic acid groups (broad SMARTS) is 1. The van der Waals surface area contributed by atoms with Crippen molar-refractivity contribution in [2.45, 2.75) is 44.6 Å². The van der Waals surface area contributed by atoms with Crippen molar-refractivity contribution in [1.29, 1.82) is 0 Å². The molecule has 1 heterocycles. The molecule has 108 valence electrons. The highest BCUT2D eigenvalue weighted by atomic mass is 16.4. The van der Waals surface area contributed by atoms with Gasteiger partial charge in [-0.2, -0.15) is 0 Å². The van der Waals surface area contributed by atoms with Crippen molar-refractivity contribution >= 4 is 11.9 Å². The van der Waals surface area contributed by atoms with Crippen molar-refractivity contribution in [2.24, 2.45) is 11.8 Å². The topological polar surface area (TPSA) is 69.6 Å². The predicted molar refractivity (Wildman–Crippen MR) is 71.7 cm³/mol. The first-order valence-corrected chi connectivity index (χ1v) is 7.17. The predicted octanol–water partition coefficient (Wildman–Crippen LogP) is 1.09. The van der Waals surface area contributed by atoms with Crippen molar-refractivity contribution in [1.82, 2.24) is 10.2 Å². The maximum Gasteiger partial charge on any atom is 0.329 e. The lowest BCUT2D eigenvalue weighted by atomic mass is 9.76. The molecule has 2 fully saturated rings. The molecule has 0 spiro atoms. The Labute approximate surface area is 114 Å². The average molecular weight is 268 g/mol. The summed E-state index contributed by atoms with van der Waals surface area (Å²) in [5.41, 5.74) is -1.03. The Morgan fingerprint density at radius 2 is 2.11 bits per heavy atom. The fraction of sp³-hybridized carbons (Fsp3) is 0.857. The zero-order valence-corrected chi connectivity index (χ0v) is 11.8. The summed E-state index contributed by atoms with van der Waals surface area (Å²) in [6.07, 6.45) is 3.86. The van der Waals surface area contributed by atoms with Gasteiger partial charge >= 0.3 is 5.97 Å². The Kier molecular flexibility index (Phi) is 4.13. The fourth-order valence-corrected chi connectivity index (χ4v) is 3.40. The van der Waals surface area contributed by atoms with Crippen LogP contribution >= 0.6 is 0 Å². The standard InChI is InChI=1S/C14H24N2O3/c1-10-4-3-6-14(8-10,13(18)19)15-12(17)11-5-7-16(2)9-11/h10-11H,3-9H2,1-2H3,(H,15,17)(H,18,19). The number of nitrogens with one attached hydrogen (secondary N) is 1. The molecule has 0 aromatic heterocycles. The fourth-order valence-electron chi connectivity index (χ4n) is 3.40. The lowest BCUT2D eigenvalue weighted by Crippen LogP contribution is -2.58. The summed E-state index contributed by atoms with van der Waals surface area (Å²) in [7, 11) is 1.99. The Hall–Kier alpha value is -1.10. The van der Waals surface area contributed by atoms with Gasteiger partial charge in [0.2, 0.25) is 5.91 Å². The SMILES string of the molecule is CC1CCCC(NC(=O)C2CCN(C)C2)(C(=O)O)C1. The molecule has 3 unspecified atom stereocenters. The van der Waals surface area contributed by atoms with Crippen LogP contribution in [0.25, 0.3) is 0 Å². The van der Waals surface area contributed by atoms with Crippen molar-refractivity contribution in [3.05, 3.63) is 0 Å². The van der Waals surface area contributed by atoms with Gasteiger partial charge in [0.25, 0.3) is 0 Å². The molecule has 5 nitrogen and oxygen atoms in total. The highest BCUT2D eigenvalue weighted by Crippen LogP contribution is 2.33. The maximum atomic E-state index is 12.3. The van der Waals surface area contributed by atoms with E-state index in [9.17, 15) is 14.7 Å². The van der Waals surface area contributed by atoms with Crippen LogP contribution in [0.3, 0.4) is 0 Å². The minimum absolute atomic E-state index is 0.0570. The van der Waals surface area contributed by atoms with Gasteiger partial charge in [-0.25, -0.2) is 4.79 Å². The minimum Gasteiger partial charge on any atom is -0.480 e. The molecule has 0 aromatic rings. The number of hydrogen-bond donors (Lipinski definition) is 2. The Morgan fingerprint density at radius 1 is 1.37 bits per heavy atom. The van der Waals surface area contributed by atoms with E-state index >= 15 is 0 Å². The van der Waals surface area contributed by atoms with Gasteiger partial charge in [-0.3, -0.25) is 4.79 Å². The van der Waals surface area contributed by atoms with Crippen molar-refractivity contribution < 1.29 is 14.7 Å². The van der Waals surface area contributed by atoms with Crippen LogP contribution in [-0.4, -0.2) is 47.6 Å². The molecular weight excluding hydrogens is 244 g/mol. The number of carbonyl (C=O) groups excluding carboxylic acids is 1. The molecule has 1 saturated heterocycles.